The van der Waals surface area contributed by atoms with Gasteiger partial charge in [-0.1, -0.05) is 6.58 Å². The van der Waals surface area contributed by atoms with Crippen LogP contribution in [0.5, 0.6) is 0 Å². The summed E-state index contributed by atoms with van der Waals surface area (Å²) in [5.41, 5.74) is 0.421. The Labute approximate surface area is 96.3 Å². The van der Waals surface area contributed by atoms with Gasteiger partial charge in [0.25, 0.3) is 0 Å². The van der Waals surface area contributed by atoms with Crippen molar-refractivity contribution in [2.75, 3.05) is 33.9 Å². The molecule has 0 saturated carbocycles. The van der Waals surface area contributed by atoms with E-state index in [-0.39, 0.29) is 19.6 Å². The van der Waals surface area contributed by atoms with Crippen LogP contribution < -0.4 is 0 Å². The van der Waals surface area contributed by atoms with Crippen molar-refractivity contribution in [1.82, 2.24) is 0 Å². The molecular formula is C11H20O5. The van der Waals surface area contributed by atoms with Crippen molar-refractivity contribution < 1.29 is 23.7 Å². The zero-order valence-electron chi connectivity index (χ0n) is 9.99. The number of carbonyl (C=O) groups excluding carboxylic acids is 1. The minimum Gasteiger partial charge on any atom is -0.462 e. The van der Waals surface area contributed by atoms with Gasteiger partial charge in [0.05, 0.1) is 6.61 Å². The van der Waals surface area contributed by atoms with Gasteiger partial charge in [-0.25, -0.2) is 4.79 Å². The van der Waals surface area contributed by atoms with Gasteiger partial charge in [0.1, 0.15) is 13.6 Å². The smallest absolute Gasteiger partial charge is 0.333 e. The molecule has 0 aromatic rings. The molecule has 0 atom stereocenters. The van der Waals surface area contributed by atoms with Gasteiger partial charge in [-0.2, -0.15) is 0 Å². The third-order valence-electron chi connectivity index (χ3n) is 1.63. The number of hydrogen-bond donors (Lipinski definition) is 0. The normalized spacial score (nSPS) is 10.1. The molecule has 0 heterocycles. The SMILES string of the molecule is C=C(C)C(=O)OCCCCOCOCOC. The van der Waals surface area contributed by atoms with E-state index in [0.29, 0.717) is 18.8 Å². The molecule has 0 saturated heterocycles. The molecule has 0 amide bonds. The van der Waals surface area contributed by atoms with E-state index >= 15 is 0 Å². The molecule has 0 aliphatic carbocycles. The van der Waals surface area contributed by atoms with E-state index in [2.05, 4.69) is 11.3 Å². The Balaban J connectivity index is 3.10. The van der Waals surface area contributed by atoms with Crippen molar-refractivity contribution in [3.63, 3.8) is 0 Å². The number of esters is 1. The minimum atomic E-state index is -0.343. The average Bonchev–Trinajstić information content (AvgIpc) is 2.26. The van der Waals surface area contributed by atoms with Crippen LogP contribution in [0.2, 0.25) is 0 Å². The van der Waals surface area contributed by atoms with Gasteiger partial charge < -0.3 is 18.9 Å². The second kappa shape index (κ2) is 10.6. The van der Waals surface area contributed by atoms with Gasteiger partial charge in [-0.05, 0) is 19.8 Å². The molecule has 0 aliphatic heterocycles. The molecule has 0 aromatic heterocycles. The molecule has 0 rings (SSSR count). The topological polar surface area (TPSA) is 54.0 Å². The summed E-state index contributed by atoms with van der Waals surface area (Å²) in [6.07, 6.45) is 1.59. The van der Waals surface area contributed by atoms with Crippen LogP contribution in [0.15, 0.2) is 12.2 Å². The summed E-state index contributed by atoms with van der Waals surface area (Å²) in [6.45, 7) is 6.54. The largest absolute Gasteiger partial charge is 0.462 e. The van der Waals surface area contributed by atoms with Gasteiger partial charge in [0.2, 0.25) is 0 Å². The minimum absolute atomic E-state index is 0.222. The number of carbonyl (C=O) groups is 1. The fourth-order valence-electron chi connectivity index (χ4n) is 0.829. The van der Waals surface area contributed by atoms with Crippen LogP contribution in [0.4, 0.5) is 0 Å². The molecule has 0 N–H and O–H groups in total. The summed E-state index contributed by atoms with van der Waals surface area (Å²) in [4.78, 5) is 11.0. The first kappa shape index (κ1) is 15.1. The average molecular weight is 232 g/mol. The standard InChI is InChI=1S/C11H20O5/c1-10(2)11(12)16-7-5-4-6-14-9-15-8-13-3/h1,4-9H2,2-3H3. The Hall–Kier alpha value is -0.910. The van der Waals surface area contributed by atoms with E-state index < -0.39 is 0 Å². The lowest BCUT2D eigenvalue weighted by Gasteiger charge is -2.05. The van der Waals surface area contributed by atoms with E-state index in [1.165, 1.54) is 0 Å². The number of unbranched alkanes of at least 4 members (excludes halogenated alkanes) is 1. The second-order valence-corrected chi connectivity index (χ2v) is 3.26. The molecule has 16 heavy (non-hydrogen) atoms. The fourth-order valence-corrected chi connectivity index (χ4v) is 0.829. The van der Waals surface area contributed by atoms with E-state index in [9.17, 15) is 4.79 Å². The molecule has 0 radical (unpaired) electrons. The van der Waals surface area contributed by atoms with Crippen LogP contribution in [-0.4, -0.2) is 39.9 Å². The molecule has 0 aromatic carbocycles. The van der Waals surface area contributed by atoms with Gasteiger partial charge >= 0.3 is 5.97 Å². The van der Waals surface area contributed by atoms with Crippen molar-refractivity contribution in [3.8, 4) is 0 Å². The Kier molecular flexibility index (Phi) is 10.00. The summed E-state index contributed by atoms with van der Waals surface area (Å²) < 4.78 is 19.6. The van der Waals surface area contributed by atoms with Gasteiger partial charge in [-0.15, -0.1) is 0 Å². The Bertz CT molecular complexity index is 203. The van der Waals surface area contributed by atoms with E-state index in [0.717, 1.165) is 12.8 Å². The highest BCUT2D eigenvalue weighted by molar-refractivity contribution is 5.86. The number of ether oxygens (including phenoxy) is 4. The van der Waals surface area contributed by atoms with Gasteiger partial charge in [0, 0.05) is 19.3 Å². The maximum absolute atomic E-state index is 11.0. The van der Waals surface area contributed by atoms with Crippen LogP contribution in [0.3, 0.4) is 0 Å². The summed E-state index contributed by atoms with van der Waals surface area (Å²) in [5, 5.41) is 0. The third kappa shape index (κ3) is 9.64. The zero-order chi connectivity index (χ0) is 12.2. The van der Waals surface area contributed by atoms with E-state index in [4.69, 9.17) is 14.2 Å². The van der Waals surface area contributed by atoms with Crippen molar-refractivity contribution in [1.29, 1.82) is 0 Å². The quantitative estimate of drug-likeness (QED) is 0.247. The second-order valence-electron chi connectivity index (χ2n) is 3.26. The highest BCUT2D eigenvalue weighted by atomic mass is 16.7. The van der Waals surface area contributed by atoms with Crippen LogP contribution in [0, 0.1) is 0 Å². The molecule has 0 aliphatic rings. The summed E-state index contributed by atoms with van der Waals surface area (Å²) in [5.74, 6) is -0.343. The first-order chi connectivity index (χ1) is 7.68. The zero-order valence-corrected chi connectivity index (χ0v) is 9.99. The molecule has 0 unspecified atom stereocenters. The van der Waals surface area contributed by atoms with Crippen molar-refractivity contribution >= 4 is 5.97 Å². The molecule has 5 heteroatoms. The Morgan fingerprint density at radius 2 is 1.81 bits per heavy atom. The lowest BCUT2D eigenvalue weighted by Crippen LogP contribution is -2.08. The molecular weight excluding hydrogens is 212 g/mol. The van der Waals surface area contributed by atoms with Crippen LogP contribution in [0.25, 0.3) is 0 Å². The molecule has 0 bridgehead atoms. The predicted molar refractivity (Wildman–Crippen MR) is 58.8 cm³/mol. The van der Waals surface area contributed by atoms with Crippen LogP contribution >= 0.6 is 0 Å². The van der Waals surface area contributed by atoms with Crippen molar-refractivity contribution in [2.24, 2.45) is 0 Å². The number of rotatable bonds is 10. The Morgan fingerprint density at radius 3 is 2.44 bits per heavy atom. The number of methoxy groups -OCH3 is 1. The molecule has 94 valence electrons. The monoisotopic (exact) mass is 232 g/mol. The van der Waals surface area contributed by atoms with Crippen molar-refractivity contribution in [2.45, 2.75) is 19.8 Å². The summed E-state index contributed by atoms with van der Waals surface area (Å²) in [6, 6.07) is 0. The van der Waals surface area contributed by atoms with Crippen LogP contribution in [0.1, 0.15) is 19.8 Å². The molecule has 0 spiro atoms. The lowest BCUT2D eigenvalue weighted by molar-refractivity contribution is -0.139. The third-order valence-corrected chi connectivity index (χ3v) is 1.63. The highest BCUT2D eigenvalue weighted by Gasteiger charge is 2.01. The molecule has 5 nitrogen and oxygen atoms in total. The highest BCUT2D eigenvalue weighted by Crippen LogP contribution is 1.96. The van der Waals surface area contributed by atoms with E-state index in [1.807, 2.05) is 0 Å². The maximum atomic E-state index is 11.0. The summed E-state index contributed by atoms with van der Waals surface area (Å²) >= 11 is 0. The number of hydrogen-bond acceptors (Lipinski definition) is 5. The van der Waals surface area contributed by atoms with Gasteiger partial charge in [-0.3, -0.25) is 0 Å². The van der Waals surface area contributed by atoms with Crippen LogP contribution in [-0.2, 0) is 23.7 Å². The molecule has 0 fully saturated rings. The predicted octanol–water partition coefficient (Wildman–Crippen LogP) is 1.48. The maximum Gasteiger partial charge on any atom is 0.333 e. The van der Waals surface area contributed by atoms with Crippen molar-refractivity contribution in [3.05, 3.63) is 12.2 Å². The van der Waals surface area contributed by atoms with E-state index in [1.54, 1.807) is 14.0 Å². The first-order valence-electron chi connectivity index (χ1n) is 5.15. The fraction of sp³-hybridized carbons (Fsp3) is 0.727. The summed E-state index contributed by atoms with van der Waals surface area (Å²) in [7, 11) is 1.55. The Morgan fingerprint density at radius 1 is 1.12 bits per heavy atom. The first-order valence-corrected chi connectivity index (χ1v) is 5.15. The van der Waals surface area contributed by atoms with Gasteiger partial charge in [0.15, 0.2) is 0 Å². The lowest BCUT2D eigenvalue weighted by atomic mass is 10.3.